The molecule has 0 aromatic heterocycles. The average Bonchev–Trinajstić information content (AvgIpc) is 2.85. The van der Waals surface area contributed by atoms with Crippen molar-refractivity contribution in [2.75, 3.05) is 14.2 Å². The third kappa shape index (κ3) is 5.11. The van der Waals surface area contributed by atoms with E-state index in [4.69, 9.17) is 9.47 Å². The van der Waals surface area contributed by atoms with E-state index in [1.807, 2.05) is 0 Å². The predicted octanol–water partition coefficient (Wildman–Crippen LogP) is 6.27. The second-order valence-electron chi connectivity index (χ2n) is 7.21. The summed E-state index contributed by atoms with van der Waals surface area (Å²) in [5.41, 5.74) is -7.40. The van der Waals surface area contributed by atoms with Gasteiger partial charge >= 0.3 is 25.7 Å². The van der Waals surface area contributed by atoms with Crippen molar-refractivity contribution in [1.82, 2.24) is 0 Å². The molecule has 0 N–H and O–H groups in total. The SMILES string of the molecule is COc1cccc(OC)c1C(=O)[P+](=O)c1ccccc1C(=O)c1c(C(F)(F)F)cccc1C(F)(F)F. The van der Waals surface area contributed by atoms with Crippen LogP contribution in [0.5, 0.6) is 11.5 Å². The molecule has 0 aliphatic carbocycles. The average molecular weight is 529 g/mol. The Morgan fingerprint density at radius 2 is 1.17 bits per heavy atom. The van der Waals surface area contributed by atoms with Crippen LogP contribution in [-0.4, -0.2) is 25.5 Å². The van der Waals surface area contributed by atoms with Gasteiger partial charge in [-0.25, -0.2) is 4.79 Å². The number of ether oxygens (including phenoxy) is 2. The van der Waals surface area contributed by atoms with Gasteiger partial charge in [-0.2, -0.15) is 26.3 Å². The van der Waals surface area contributed by atoms with E-state index in [-0.39, 0.29) is 17.1 Å². The largest absolute Gasteiger partial charge is 0.496 e. The van der Waals surface area contributed by atoms with Crippen molar-refractivity contribution >= 4 is 24.4 Å². The van der Waals surface area contributed by atoms with Crippen LogP contribution in [0.1, 0.15) is 37.4 Å². The zero-order valence-corrected chi connectivity index (χ0v) is 19.4. The molecule has 0 aliphatic rings. The molecule has 5 nitrogen and oxygen atoms in total. The molecule has 0 fully saturated rings. The van der Waals surface area contributed by atoms with Crippen LogP contribution in [0.2, 0.25) is 0 Å². The molecular weight excluding hydrogens is 513 g/mol. The topological polar surface area (TPSA) is 69.7 Å². The molecule has 188 valence electrons. The zero-order chi connectivity index (χ0) is 26.8. The Hall–Kier alpha value is -3.72. The lowest BCUT2D eigenvalue weighted by Crippen LogP contribution is -2.23. The van der Waals surface area contributed by atoms with Crippen molar-refractivity contribution in [2.45, 2.75) is 12.4 Å². The molecule has 0 saturated heterocycles. The molecule has 3 aromatic carbocycles. The van der Waals surface area contributed by atoms with E-state index in [0.717, 1.165) is 18.2 Å². The van der Waals surface area contributed by atoms with Crippen molar-refractivity contribution in [2.24, 2.45) is 0 Å². The van der Waals surface area contributed by atoms with E-state index in [1.54, 1.807) is 0 Å². The van der Waals surface area contributed by atoms with E-state index in [9.17, 15) is 40.5 Å². The molecule has 36 heavy (non-hydrogen) atoms. The number of rotatable bonds is 7. The highest BCUT2D eigenvalue weighted by Crippen LogP contribution is 2.42. The fourth-order valence-electron chi connectivity index (χ4n) is 3.52. The van der Waals surface area contributed by atoms with Crippen molar-refractivity contribution in [3.63, 3.8) is 0 Å². The van der Waals surface area contributed by atoms with Gasteiger partial charge in [-0.15, -0.1) is 0 Å². The summed E-state index contributed by atoms with van der Waals surface area (Å²) in [6.07, 6.45) is -10.6. The Morgan fingerprint density at radius 1 is 0.694 bits per heavy atom. The van der Waals surface area contributed by atoms with Gasteiger partial charge in [-0.1, -0.05) is 28.8 Å². The van der Waals surface area contributed by atoms with E-state index >= 15 is 0 Å². The highest BCUT2D eigenvalue weighted by molar-refractivity contribution is 7.71. The second-order valence-corrected chi connectivity index (χ2v) is 8.68. The minimum Gasteiger partial charge on any atom is -0.496 e. The van der Waals surface area contributed by atoms with Crippen LogP contribution >= 0.6 is 7.80 Å². The summed E-state index contributed by atoms with van der Waals surface area (Å²) in [6, 6.07) is 9.77. The lowest BCUT2D eigenvalue weighted by molar-refractivity contribution is -0.143. The van der Waals surface area contributed by atoms with Gasteiger partial charge in [0.2, 0.25) is 5.30 Å². The Bertz CT molecular complexity index is 1290. The molecular formula is C24H16F6O5P+. The number of hydrogen-bond acceptors (Lipinski definition) is 5. The molecule has 0 radical (unpaired) electrons. The van der Waals surface area contributed by atoms with E-state index in [1.165, 1.54) is 38.5 Å². The van der Waals surface area contributed by atoms with Gasteiger partial charge in [0.25, 0.3) is 0 Å². The molecule has 0 bridgehead atoms. The molecule has 1 unspecified atom stereocenters. The number of ketones is 1. The van der Waals surface area contributed by atoms with Gasteiger partial charge in [-0.3, -0.25) is 4.79 Å². The van der Waals surface area contributed by atoms with Crippen LogP contribution in [-0.2, 0) is 16.9 Å². The van der Waals surface area contributed by atoms with Crippen LogP contribution in [0.4, 0.5) is 26.3 Å². The highest BCUT2D eigenvalue weighted by atomic mass is 31.1. The normalized spacial score (nSPS) is 12.2. The molecule has 0 saturated carbocycles. The summed E-state index contributed by atoms with van der Waals surface area (Å²) >= 11 is 0. The third-order valence-corrected chi connectivity index (χ3v) is 6.52. The Kier molecular flexibility index (Phi) is 7.54. The Morgan fingerprint density at radius 3 is 1.64 bits per heavy atom. The zero-order valence-electron chi connectivity index (χ0n) is 18.5. The second kappa shape index (κ2) is 10.1. The maximum atomic E-state index is 13.6. The maximum absolute atomic E-state index is 13.6. The molecule has 0 spiro atoms. The first kappa shape index (κ1) is 26.9. The Balaban J connectivity index is 2.22. The van der Waals surface area contributed by atoms with Crippen LogP contribution in [0.3, 0.4) is 0 Å². The van der Waals surface area contributed by atoms with E-state index < -0.39 is 59.0 Å². The number of methoxy groups -OCH3 is 2. The van der Waals surface area contributed by atoms with Crippen LogP contribution in [0.25, 0.3) is 0 Å². The van der Waals surface area contributed by atoms with Crippen LogP contribution in [0.15, 0.2) is 60.7 Å². The molecule has 0 heterocycles. The van der Waals surface area contributed by atoms with E-state index in [0.29, 0.717) is 18.2 Å². The molecule has 12 heteroatoms. The summed E-state index contributed by atoms with van der Waals surface area (Å²) < 4.78 is 105. The van der Waals surface area contributed by atoms with E-state index in [2.05, 4.69) is 0 Å². The van der Waals surface area contributed by atoms with Gasteiger partial charge < -0.3 is 9.47 Å². The van der Waals surface area contributed by atoms with Crippen LogP contribution < -0.4 is 14.8 Å². The van der Waals surface area contributed by atoms with Gasteiger partial charge in [0.05, 0.1) is 30.9 Å². The summed E-state index contributed by atoms with van der Waals surface area (Å²) in [4.78, 5) is 26.4. The minimum atomic E-state index is -5.30. The van der Waals surface area contributed by atoms with Crippen molar-refractivity contribution in [1.29, 1.82) is 0 Å². The number of hydrogen-bond donors (Lipinski definition) is 0. The molecule has 3 aromatic rings. The summed E-state index contributed by atoms with van der Waals surface area (Å²) in [6.45, 7) is 0. The lowest BCUT2D eigenvalue weighted by atomic mass is 9.92. The summed E-state index contributed by atoms with van der Waals surface area (Å²) in [5.74, 6) is -1.75. The predicted molar refractivity (Wildman–Crippen MR) is 117 cm³/mol. The highest BCUT2D eigenvalue weighted by Gasteiger charge is 2.45. The number of alkyl halides is 6. The fourth-order valence-corrected chi connectivity index (χ4v) is 4.78. The first-order valence-electron chi connectivity index (χ1n) is 9.96. The van der Waals surface area contributed by atoms with Gasteiger partial charge in [0.1, 0.15) is 11.5 Å². The minimum absolute atomic E-state index is 0.0340. The smallest absolute Gasteiger partial charge is 0.459 e. The first-order valence-corrected chi connectivity index (χ1v) is 11.2. The van der Waals surface area contributed by atoms with Crippen molar-refractivity contribution in [3.8, 4) is 11.5 Å². The molecule has 1 atom stereocenters. The van der Waals surface area contributed by atoms with Crippen LogP contribution in [0, 0.1) is 0 Å². The first-order chi connectivity index (χ1) is 16.8. The number of carbonyl (C=O) groups excluding carboxylic acids is 2. The summed E-state index contributed by atoms with van der Waals surface area (Å²) in [5, 5.41) is -0.541. The van der Waals surface area contributed by atoms with Gasteiger partial charge in [-0.05, 0) is 36.4 Å². The summed E-state index contributed by atoms with van der Waals surface area (Å²) in [7, 11) is -0.758. The lowest BCUT2D eigenvalue weighted by Gasteiger charge is -2.17. The van der Waals surface area contributed by atoms with Crippen molar-refractivity contribution in [3.05, 3.63) is 88.5 Å². The quantitative estimate of drug-likeness (QED) is 0.205. The number of benzene rings is 3. The molecule has 0 amide bonds. The number of carbonyl (C=O) groups is 2. The molecule has 0 aliphatic heterocycles. The third-order valence-electron chi connectivity index (χ3n) is 5.10. The molecule has 3 rings (SSSR count). The van der Waals surface area contributed by atoms with Gasteiger partial charge in [0.15, 0.2) is 11.3 Å². The number of halogens is 6. The standard InChI is InChI=1S/C24H16F6O5P/c1-34-16-10-6-11-17(35-2)20(16)22(32)36(33)18-12-4-3-7-13(18)21(31)19-14(23(25,26)27)8-5-9-15(19)24(28,29)30/h3-12H,1-2H3/q+1. The maximum Gasteiger partial charge on any atom is 0.459 e. The van der Waals surface area contributed by atoms with Crippen molar-refractivity contribution < 1.29 is 50.0 Å². The Labute approximate surface area is 201 Å². The van der Waals surface area contributed by atoms with Gasteiger partial charge in [0, 0.05) is 5.56 Å². The monoisotopic (exact) mass is 529 g/mol. The fraction of sp³-hybridized carbons (Fsp3) is 0.167.